The van der Waals surface area contributed by atoms with Crippen molar-refractivity contribution in [2.75, 3.05) is 0 Å². The molecule has 0 saturated heterocycles. The van der Waals surface area contributed by atoms with Gasteiger partial charge in [-0.3, -0.25) is 9.78 Å². The Labute approximate surface area is 120 Å². The van der Waals surface area contributed by atoms with Crippen LogP contribution in [0.1, 0.15) is 19.4 Å². The molecule has 106 valence electrons. The number of aromatic nitrogens is 5. The molecule has 7 nitrogen and oxygen atoms in total. The smallest absolute Gasteiger partial charge is 0.305 e. The molecule has 0 radical (unpaired) electrons. The third-order valence-corrected chi connectivity index (χ3v) is 3.27. The summed E-state index contributed by atoms with van der Waals surface area (Å²) in [6.45, 7) is 1.76. The van der Waals surface area contributed by atoms with Gasteiger partial charge in [0.25, 0.3) is 0 Å². The number of pyridine rings is 1. The molecule has 2 aromatic heterocycles. The second-order valence-corrected chi connectivity index (χ2v) is 4.77. The Bertz CT molecular complexity index is 793. The van der Waals surface area contributed by atoms with Crippen LogP contribution >= 0.6 is 0 Å². The van der Waals surface area contributed by atoms with Crippen molar-refractivity contribution in [1.82, 2.24) is 25.2 Å². The molecule has 7 heteroatoms. The van der Waals surface area contributed by atoms with Crippen LogP contribution in [0.2, 0.25) is 0 Å². The molecule has 0 aliphatic rings. The van der Waals surface area contributed by atoms with Crippen LogP contribution in [-0.2, 0) is 4.79 Å². The van der Waals surface area contributed by atoms with E-state index in [1.54, 1.807) is 13.1 Å². The fraction of sp³-hybridized carbons (Fsp3) is 0.214. The maximum Gasteiger partial charge on any atom is 0.305 e. The van der Waals surface area contributed by atoms with Gasteiger partial charge in [-0.25, -0.2) is 4.68 Å². The zero-order valence-corrected chi connectivity index (χ0v) is 11.3. The Kier molecular flexibility index (Phi) is 3.31. The average molecular weight is 283 g/mol. The average Bonchev–Trinajstić information content (AvgIpc) is 2.95. The molecular weight excluding hydrogens is 270 g/mol. The summed E-state index contributed by atoms with van der Waals surface area (Å²) in [5.41, 5.74) is 0.648. The van der Waals surface area contributed by atoms with Gasteiger partial charge in [0.1, 0.15) is 5.69 Å². The number of aliphatic carboxylic acids is 1. The van der Waals surface area contributed by atoms with E-state index in [0.717, 1.165) is 10.8 Å². The van der Waals surface area contributed by atoms with Gasteiger partial charge < -0.3 is 5.11 Å². The molecule has 1 unspecified atom stereocenters. The Hall–Kier alpha value is -2.83. The maximum atomic E-state index is 10.9. The number of hydrogen-bond acceptors (Lipinski definition) is 5. The number of benzene rings is 1. The molecule has 0 amide bonds. The second kappa shape index (κ2) is 5.28. The summed E-state index contributed by atoms with van der Waals surface area (Å²) in [6, 6.07) is 9.35. The van der Waals surface area contributed by atoms with Crippen molar-refractivity contribution < 1.29 is 9.90 Å². The molecule has 0 fully saturated rings. The van der Waals surface area contributed by atoms with Gasteiger partial charge in [0.15, 0.2) is 0 Å². The number of fused-ring (bicyclic) bond motifs is 1. The molecule has 1 N–H and O–H groups in total. The van der Waals surface area contributed by atoms with Gasteiger partial charge in [-0.2, -0.15) is 0 Å². The van der Waals surface area contributed by atoms with Crippen molar-refractivity contribution in [2.24, 2.45) is 0 Å². The van der Waals surface area contributed by atoms with Gasteiger partial charge in [0.05, 0.1) is 12.5 Å². The Morgan fingerprint density at radius 1 is 1.33 bits per heavy atom. The Balaban J connectivity index is 2.12. The molecule has 0 aliphatic heterocycles. The summed E-state index contributed by atoms with van der Waals surface area (Å²) in [6.07, 6.45) is 1.64. The van der Waals surface area contributed by atoms with Crippen LogP contribution < -0.4 is 0 Å². The van der Waals surface area contributed by atoms with Crippen molar-refractivity contribution in [3.8, 4) is 11.5 Å². The van der Waals surface area contributed by atoms with Gasteiger partial charge in [0.2, 0.25) is 5.82 Å². The summed E-state index contributed by atoms with van der Waals surface area (Å²) in [7, 11) is 0. The fourth-order valence-electron chi connectivity index (χ4n) is 2.28. The number of hydrogen-bond donors (Lipinski definition) is 1. The lowest BCUT2D eigenvalue weighted by atomic mass is 10.1. The third kappa shape index (κ3) is 2.45. The van der Waals surface area contributed by atoms with E-state index in [-0.39, 0.29) is 12.5 Å². The number of tetrazole rings is 1. The summed E-state index contributed by atoms with van der Waals surface area (Å²) >= 11 is 0. The first kappa shape index (κ1) is 13.2. The molecule has 0 aliphatic carbocycles. The molecule has 0 bridgehead atoms. The van der Waals surface area contributed by atoms with Crippen molar-refractivity contribution in [3.05, 3.63) is 36.5 Å². The topological polar surface area (TPSA) is 93.8 Å². The van der Waals surface area contributed by atoms with Crippen LogP contribution in [0, 0.1) is 0 Å². The van der Waals surface area contributed by atoms with E-state index in [1.165, 1.54) is 4.68 Å². The number of carboxylic acid groups (broad SMARTS) is 1. The number of carbonyl (C=O) groups is 1. The van der Waals surface area contributed by atoms with Crippen LogP contribution in [0.4, 0.5) is 0 Å². The van der Waals surface area contributed by atoms with E-state index < -0.39 is 5.97 Å². The highest BCUT2D eigenvalue weighted by atomic mass is 16.4. The molecule has 3 rings (SSSR count). The van der Waals surface area contributed by atoms with E-state index in [4.69, 9.17) is 5.11 Å². The monoisotopic (exact) mass is 283 g/mol. The molecule has 0 saturated carbocycles. The lowest BCUT2D eigenvalue weighted by molar-refractivity contribution is -0.137. The molecule has 2 heterocycles. The second-order valence-electron chi connectivity index (χ2n) is 4.77. The van der Waals surface area contributed by atoms with E-state index in [1.807, 2.05) is 30.3 Å². The molecule has 3 aromatic rings. The first-order valence-electron chi connectivity index (χ1n) is 6.50. The summed E-state index contributed by atoms with van der Waals surface area (Å²) in [5, 5.41) is 22.5. The number of carboxylic acids is 1. The molecule has 1 aromatic carbocycles. The third-order valence-electron chi connectivity index (χ3n) is 3.27. The fourth-order valence-corrected chi connectivity index (χ4v) is 2.28. The van der Waals surface area contributed by atoms with Crippen molar-refractivity contribution in [1.29, 1.82) is 0 Å². The number of nitrogens with zero attached hydrogens (tertiary/aromatic N) is 5. The van der Waals surface area contributed by atoms with Gasteiger partial charge in [0, 0.05) is 11.6 Å². The van der Waals surface area contributed by atoms with Crippen LogP contribution in [0.5, 0.6) is 0 Å². The highest BCUT2D eigenvalue weighted by molar-refractivity contribution is 5.92. The maximum absolute atomic E-state index is 10.9. The minimum atomic E-state index is -0.894. The predicted molar refractivity (Wildman–Crippen MR) is 75.5 cm³/mol. The van der Waals surface area contributed by atoms with Gasteiger partial charge >= 0.3 is 5.97 Å². The zero-order valence-electron chi connectivity index (χ0n) is 11.3. The van der Waals surface area contributed by atoms with Crippen molar-refractivity contribution in [3.63, 3.8) is 0 Å². The standard InChI is InChI=1S/C14H13N5O2/c1-9(8-12(20)21)19-14(16-17-18-19)13-11-5-3-2-4-10(11)6-7-15-13/h2-7,9H,8H2,1H3,(H,20,21). The Morgan fingerprint density at radius 2 is 2.14 bits per heavy atom. The largest absolute Gasteiger partial charge is 0.481 e. The SMILES string of the molecule is CC(CC(=O)O)n1nnnc1-c1nccc2ccccc12. The summed E-state index contributed by atoms with van der Waals surface area (Å²) in [5.74, 6) is -0.421. The molecule has 0 spiro atoms. The minimum Gasteiger partial charge on any atom is -0.481 e. The normalized spacial score (nSPS) is 12.4. The lowest BCUT2D eigenvalue weighted by Gasteiger charge is -2.11. The van der Waals surface area contributed by atoms with E-state index >= 15 is 0 Å². The summed E-state index contributed by atoms with van der Waals surface area (Å²) < 4.78 is 1.50. The first-order valence-corrected chi connectivity index (χ1v) is 6.50. The first-order chi connectivity index (χ1) is 10.2. The Morgan fingerprint density at radius 3 is 2.95 bits per heavy atom. The van der Waals surface area contributed by atoms with Crippen molar-refractivity contribution in [2.45, 2.75) is 19.4 Å². The molecule has 1 atom stereocenters. The van der Waals surface area contributed by atoms with Crippen LogP contribution in [0.3, 0.4) is 0 Å². The molecule has 21 heavy (non-hydrogen) atoms. The number of rotatable bonds is 4. The highest BCUT2D eigenvalue weighted by Gasteiger charge is 2.19. The zero-order chi connectivity index (χ0) is 14.8. The van der Waals surface area contributed by atoms with Gasteiger partial charge in [-0.1, -0.05) is 24.3 Å². The lowest BCUT2D eigenvalue weighted by Crippen LogP contribution is -2.13. The van der Waals surface area contributed by atoms with Gasteiger partial charge in [-0.15, -0.1) is 5.10 Å². The van der Waals surface area contributed by atoms with Gasteiger partial charge in [-0.05, 0) is 28.8 Å². The van der Waals surface area contributed by atoms with Crippen LogP contribution in [0.25, 0.3) is 22.3 Å². The summed E-state index contributed by atoms with van der Waals surface area (Å²) in [4.78, 5) is 15.2. The van der Waals surface area contributed by atoms with E-state index in [9.17, 15) is 4.79 Å². The van der Waals surface area contributed by atoms with Crippen LogP contribution in [-0.4, -0.2) is 36.3 Å². The van der Waals surface area contributed by atoms with Crippen LogP contribution in [0.15, 0.2) is 36.5 Å². The van der Waals surface area contributed by atoms with E-state index in [2.05, 4.69) is 20.5 Å². The molecular formula is C14H13N5O2. The minimum absolute atomic E-state index is 0.0528. The van der Waals surface area contributed by atoms with Crippen molar-refractivity contribution >= 4 is 16.7 Å². The highest BCUT2D eigenvalue weighted by Crippen LogP contribution is 2.26. The quantitative estimate of drug-likeness (QED) is 0.786. The van der Waals surface area contributed by atoms with E-state index in [0.29, 0.717) is 11.5 Å². The predicted octanol–water partition coefficient (Wildman–Crippen LogP) is 1.92.